The van der Waals surface area contributed by atoms with Gasteiger partial charge in [-0.2, -0.15) is 0 Å². The lowest BCUT2D eigenvalue weighted by molar-refractivity contribution is 0.434. The van der Waals surface area contributed by atoms with Crippen molar-refractivity contribution in [3.05, 3.63) is 12.2 Å². The summed E-state index contributed by atoms with van der Waals surface area (Å²) < 4.78 is 0. The molecule has 1 saturated carbocycles. The van der Waals surface area contributed by atoms with Crippen LogP contribution < -0.4 is 5.32 Å². The minimum atomic E-state index is 0.958. The number of nitrogens with one attached hydrogen (secondary N) is 1. The largest absolute Gasteiger partial charge is 0.375 e. The minimum Gasteiger partial charge on any atom is -0.375 e. The minimum absolute atomic E-state index is 0.958. The van der Waals surface area contributed by atoms with E-state index in [9.17, 15) is 0 Å². The quantitative estimate of drug-likeness (QED) is 0.582. The van der Waals surface area contributed by atoms with Crippen molar-refractivity contribution in [2.45, 2.75) is 58.3 Å². The third-order valence-electron chi connectivity index (χ3n) is 3.50. The molecule has 1 N–H and O–H groups in total. The molecule has 0 aromatic carbocycles. The molecular weight excluding hydrogens is 208 g/mol. The third-order valence-corrected chi connectivity index (χ3v) is 3.50. The first-order valence-electron chi connectivity index (χ1n) is 7.21. The fourth-order valence-corrected chi connectivity index (χ4v) is 2.48. The lowest BCUT2D eigenvalue weighted by Crippen LogP contribution is -2.04. The maximum Gasteiger partial charge on any atom is 0.0825 e. The van der Waals surface area contributed by atoms with Gasteiger partial charge in [-0.15, -0.1) is 0 Å². The summed E-state index contributed by atoms with van der Waals surface area (Å²) in [5, 5.41) is 2.93. The van der Waals surface area contributed by atoms with Crippen LogP contribution in [0.25, 0.3) is 0 Å². The number of hydrogen-bond donors (Lipinski definition) is 1. The Morgan fingerprint density at radius 1 is 1.47 bits per heavy atom. The van der Waals surface area contributed by atoms with E-state index in [4.69, 9.17) is 0 Å². The van der Waals surface area contributed by atoms with E-state index < -0.39 is 0 Å². The zero-order chi connectivity index (χ0) is 12.3. The molecule has 98 valence electrons. The molecule has 1 fully saturated rings. The molecule has 2 nitrogen and oxygen atoms in total. The standard InChI is InChI=1S/C12H22.C3H6N2/c1-3-4-8-12-9-6-5-7-11(2)10-12;1-2-5-3-4-1/h12H,2-10H2,1H3;3H,1-2H2,(H,4,5). The number of aliphatic imine (C=N–C) groups is 1. The van der Waals surface area contributed by atoms with Crippen LogP contribution in [0.15, 0.2) is 17.1 Å². The molecule has 0 radical (unpaired) electrons. The monoisotopic (exact) mass is 236 g/mol. The molecule has 2 rings (SSSR count). The smallest absolute Gasteiger partial charge is 0.0825 e. The lowest BCUT2D eigenvalue weighted by atomic mass is 9.93. The molecule has 2 aliphatic rings. The highest BCUT2D eigenvalue weighted by atomic mass is 15.0. The van der Waals surface area contributed by atoms with Crippen LogP contribution in [0.4, 0.5) is 0 Å². The van der Waals surface area contributed by atoms with Crippen molar-refractivity contribution in [3.63, 3.8) is 0 Å². The van der Waals surface area contributed by atoms with Crippen molar-refractivity contribution in [2.24, 2.45) is 10.9 Å². The Hall–Kier alpha value is -0.790. The molecule has 0 bridgehead atoms. The predicted octanol–water partition coefficient (Wildman–Crippen LogP) is 3.93. The van der Waals surface area contributed by atoms with Crippen molar-refractivity contribution in [1.29, 1.82) is 0 Å². The molecule has 0 spiro atoms. The fourth-order valence-electron chi connectivity index (χ4n) is 2.48. The van der Waals surface area contributed by atoms with Gasteiger partial charge in [0, 0.05) is 6.54 Å². The molecule has 1 heterocycles. The second-order valence-corrected chi connectivity index (χ2v) is 5.20. The third kappa shape index (κ3) is 7.19. The molecule has 1 aliphatic carbocycles. The van der Waals surface area contributed by atoms with Crippen LogP contribution in [-0.2, 0) is 0 Å². The molecule has 1 unspecified atom stereocenters. The van der Waals surface area contributed by atoms with Crippen LogP contribution in [0, 0.1) is 5.92 Å². The van der Waals surface area contributed by atoms with Crippen molar-refractivity contribution in [1.82, 2.24) is 5.32 Å². The zero-order valence-electron chi connectivity index (χ0n) is 11.4. The van der Waals surface area contributed by atoms with Crippen molar-refractivity contribution in [2.75, 3.05) is 13.1 Å². The van der Waals surface area contributed by atoms with Gasteiger partial charge in [-0.05, 0) is 25.2 Å². The molecule has 1 aliphatic heterocycles. The molecule has 1 atom stereocenters. The van der Waals surface area contributed by atoms with Gasteiger partial charge < -0.3 is 5.32 Å². The fraction of sp³-hybridized carbons (Fsp3) is 0.800. The molecular formula is C15H28N2. The molecule has 0 saturated heterocycles. The van der Waals surface area contributed by atoms with Gasteiger partial charge in [0.25, 0.3) is 0 Å². The van der Waals surface area contributed by atoms with Gasteiger partial charge in [-0.3, -0.25) is 4.99 Å². The van der Waals surface area contributed by atoms with Gasteiger partial charge in [0.2, 0.25) is 0 Å². The maximum atomic E-state index is 4.13. The van der Waals surface area contributed by atoms with E-state index in [1.807, 2.05) is 0 Å². The van der Waals surface area contributed by atoms with E-state index in [1.54, 1.807) is 6.34 Å². The Morgan fingerprint density at radius 3 is 2.94 bits per heavy atom. The van der Waals surface area contributed by atoms with Crippen LogP contribution in [0.2, 0.25) is 0 Å². The summed E-state index contributed by atoms with van der Waals surface area (Å²) in [6.07, 6.45) is 12.8. The van der Waals surface area contributed by atoms with Gasteiger partial charge in [-0.1, -0.05) is 51.2 Å². The first-order valence-corrected chi connectivity index (χ1v) is 7.21. The van der Waals surface area contributed by atoms with Crippen LogP contribution in [0.1, 0.15) is 58.3 Å². The van der Waals surface area contributed by atoms with E-state index in [0.29, 0.717) is 0 Å². The zero-order valence-corrected chi connectivity index (χ0v) is 11.4. The number of rotatable bonds is 3. The Labute approximate surface area is 107 Å². The molecule has 0 aromatic rings. The Kier molecular flexibility index (Phi) is 7.78. The molecule has 0 aromatic heterocycles. The van der Waals surface area contributed by atoms with E-state index in [0.717, 1.165) is 19.0 Å². The first kappa shape index (κ1) is 14.3. The molecule has 17 heavy (non-hydrogen) atoms. The van der Waals surface area contributed by atoms with E-state index in [-0.39, 0.29) is 0 Å². The lowest BCUT2D eigenvalue weighted by Gasteiger charge is -2.13. The highest BCUT2D eigenvalue weighted by Gasteiger charge is 2.13. The summed E-state index contributed by atoms with van der Waals surface area (Å²) in [6.45, 7) is 8.40. The second kappa shape index (κ2) is 9.26. The summed E-state index contributed by atoms with van der Waals surface area (Å²) in [6, 6.07) is 0. The highest BCUT2D eigenvalue weighted by molar-refractivity contribution is 5.56. The average Bonchev–Trinajstić information content (AvgIpc) is 2.84. The van der Waals surface area contributed by atoms with Gasteiger partial charge >= 0.3 is 0 Å². The van der Waals surface area contributed by atoms with Gasteiger partial charge in [-0.25, -0.2) is 0 Å². The average molecular weight is 236 g/mol. The second-order valence-electron chi connectivity index (χ2n) is 5.20. The Balaban J connectivity index is 0.000000239. The van der Waals surface area contributed by atoms with Crippen LogP contribution in [0.5, 0.6) is 0 Å². The number of nitrogens with zero attached hydrogens (tertiary/aromatic N) is 1. The van der Waals surface area contributed by atoms with Gasteiger partial charge in [0.15, 0.2) is 0 Å². The number of hydrogen-bond acceptors (Lipinski definition) is 2. The van der Waals surface area contributed by atoms with Crippen molar-refractivity contribution < 1.29 is 0 Å². The maximum absolute atomic E-state index is 4.13. The number of unbranched alkanes of at least 4 members (excludes halogenated alkanes) is 1. The highest BCUT2D eigenvalue weighted by Crippen LogP contribution is 2.29. The van der Waals surface area contributed by atoms with E-state index >= 15 is 0 Å². The first-order chi connectivity index (χ1) is 8.33. The van der Waals surface area contributed by atoms with Crippen LogP contribution in [0.3, 0.4) is 0 Å². The van der Waals surface area contributed by atoms with E-state index in [1.165, 1.54) is 56.9 Å². The summed E-state index contributed by atoms with van der Waals surface area (Å²) in [5.74, 6) is 0.972. The Bertz CT molecular complexity index is 227. The van der Waals surface area contributed by atoms with Crippen molar-refractivity contribution in [3.8, 4) is 0 Å². The van der Waals surface area contributed by atoms with Crippen LogP contribution >= 0.6 is 0 Å². The van der Waals surface area contributed by atoms with Crippen LogP contribution in [-0.4, -0.2) is 19.4 Å². The van der Waals surface area contributed by atoms with E-state index in [2.05, 4.69) is 23.8 Å². The summed E-state index contributed by atoms with van der Waals surface area (Å²) >= 11 is 0. The van der Waals surface area contributed by atoms with Crippen molar-refractivity contribution >= 4 is 6.34 Å². The summed E-state index contributed by atoms with van der Waals surface area (Å²) in [7, 11) is 0. The SMILES string of the molecule is C1=NCCN1.C=C1CCCCC(CCCC)C1. The van der Waals surface area contributed by atoms with Gasteiger partial charge in [0.1, 0.15) is 0 Å². The number of allylic oxidation sites excluding steroid dienone is 1. The normalized spacial score (nSPS) is 23.6. The Morgan fingerprint density at radius 2 is 2.35 bits per heavy atom. The molecule has 2 heteroatoms. The van der Waals surface area contributed by atoms with Gasteiger partial charge in [0.05, 0.1) is 12.9 Å². The predicted molar refractivity (Wildman–Crippen MR) is 76.6 cm³/mol. The molecule has 0 amide bonds. The topological polar surface area (TPSA) is 24.4 Å². The summed E-state index contributed by atoms with van der Waals surface area (Å²) in [4.78, 5) is 3.85. The summed E-state index contributed by atoms with van der Waals surface area (Å²) in [5.41, 5.74) is 1.51.